The Morgan fingerprint density at radius 3 is 2.32 bits per heavy atom. The number of carbonyl (C=O) groups excluding carboxylic acids is 1. The quantitative estimate of drug-likeness (QED) is 0.917. The standard InChI is InChI=1S/C11H14ClFN2O3S/c1-3-15(4-2)11(16)7-5-10(19(14,17)18)9(13)6-8(7)12/h5-6H,3-4H2,1-2H3,(H2,14,17,18). The maximum Gasteiger partial charge on any atom is 0.255 e. The van der Waals surface area contributed by atoms with Gasteiger partial charge in [-0.3, -0.25) is 4.79 Å². The lowest BCUT2D eigenvalue weighted by molar-refractivity contribution is 0.0773. The monoisotopic (exact) mass is 308 g/mol. The predicted molar refractivity (Wildman–Crippen MR) is 70.0 cm³/mol. The van der Waals surface area contributed by atoms with E-state index in [0.29, 0.717) is 13.1 Å². The second kappa shape index (κ2) is 5.85. The molecule has 2 N–H and O–H groups in total. The van der Waals surface area contributed by atoms with Crippen molar-refractivity contribution in [3.05, 3.63) is 28.5 Å². The molecule has 0 aliphatic heterocycles. The molecule has 0 aromatic heterocycles. The molecule has 1 aromatic carbocycles. The van der Waals surface area contributed by atoms with Crippen LogP contribution in [0.4, 0.5) is 4.39 Å². The van der Waals surface area contributed by atoms with Gasteiger partial charge in [0.2, 0.25) is 10.0 Å². The molecule has 0 unspecified atom stereocenters. The van der Waals surface area contributed by atoms with Gasteiger partial charge in [0, 0.05) is 13.1 Å². The number of nitrogens with two attached hydrogens (primary N) is 1. The van der Waals surface area contributed by atoms with Crippen LogP contribution in [0.1, 0.15) is 24.2 Å². The van der Waals surface area contributed by atoms with Crippen LogP contribution in [0.25, 0.3) is 0 Å². The minimum absolute atomic E-state index is 0.0872. The van der Waals surface area contributed by atoms with E-state index in [2.05, 4.69) is 0 Å². The minimum atomic E-state index is -4.25. The highest BCUT2D eigenvalue weighted by Crippen LogP contribution is 2.24. The molecular formula is C11H14ClFN2O3S. The maximum absolute atomic E-state index is 13.5. The van der Waals surface area contributed by atoms with Crippen LogP contribution >= 0.6 is 11.6 Å². The molecule has 5 nitrogen and oxygen atoms in total. The Labute approximate surface area is 116 Å². The van der Waals surface area contributed by atoms with Crippen molar-refractivity contribution in [3.8, 4) is 0 Å². The molecule has 1 rings (SSSR count). The summed E-state index contributed by atoms with van der Waals surface area (Å²) in [4.78, 5) is 12.8. The summed E-state index contributed by atoms with van der Waals surface area (Å²) in [5.41, 5.74) is -0.0872. The van der Waals surface area contributed by atoms with Crippen molar-refractivity contribution in [1.82, 2.24) is 4.90 Å². The molecule has 0 saturated carbocycles. The molecule has 0 atom stereocenters. The van der Waals surface area contributed by atoms with E-state index < -0.39 is 26.6 Å². The fraction of sp³-hybridized carbons (Fsp3) is 0.364. The Kier molecular flexibility index (Phi) is 4.89. The molecule has 0 aliphatic carbocycles. The summed E-state index contributed by atoms with van der Waals surface area (Å²) in [6.45, 7) is 4.38. The highest BCUT2D eigenvalue weighted by Gasteiger charge is 2.22. The van der Waals surface area contributed by atoms with Gasteiger partial charge in [-0.15, -0.1) is 0 Å². The second-order valence-electron chi connectivity index (χ2n) is 3.78. The van der Waals surface area contributed by atoms with Crippen LogP contribution in [0.2, 0.25) is 5.02 Å². The molecule has 0 saturated heterocycles. The summed E-state index contributed by atoms with van der Waals surface area (Å²) in [6.07, 6.45) is 0. The van der Waals surface area contributed by atoms with Crippen molar-refractivity contribution < 1.29 is 17.6 Å². The summed E-state index contributed by atoms with van der Waals surface area (Å²) in [5.74, 6) is -1.55. The number of sulfonamides is 1. The average molecular weight is 309 g/mol. The molecule has 0 heterocycles. The molecule has 0 aliphatic rings. The number of carbonyl (C=O) groups is 1. The topological polar surface area (TPSA) is 80.5 Å². The van der Waals surface area contributed by atoms with E-state index in [0.717, 1.165) is 12.1 Å². The first-order valence-electron chi connectivity index (χ1n) is 5.53. The number of rotatable bonds is 4. The Bertz CT molecular complexity index is 600. The highest BCUT2D eigenvalue weighted by molar-refractivity contribution is 7.89. The first-order chi connectivity index (χ1) is 8.72. The zero-order chi connectivity index (χ0) is 14.8. The van der Waals surface area contributed by atoms with Gasteiger partial charge in [0.25, 0.3) is 5.91 Å². The van der Waals surface area contributed by atoms with Crippen molar-refractivity contribution in [2.24, 2.45) is 5.14 Å². The van der Waals surface area contributed by atoms with E-state index >= 15 is 0 Å². The van der Waals surface area contributed by atoms with Crippen molar-refractivity contribution in [2.45, 2.75) is 18.7 Å². The molecule has 19 heavy (non-hydrogen) atoms. The number of amides is 1. The average Bonchev–Trinajstić information content (AvgIpc) is 2.28. The summed E-state index contributed by atoms with van der Waals surface area (Å²) >= 11 is 5.78. The summed E-state index contributed by atoms with van der Waals surface area (Å²) in [7, 11) is -4.25. The molecule has 0 radical (unpaired) electrons. The SMILES string of the molecule is CCN(CC)C(=O)c1cc(S(N)(=O)=O)c(F)cc1Cl. The van der Waals surface area contributed by atoms with Gasteiger partial charge in [-0.25, -0.2) is 17.9 Å². The second-order valence-corrected chi connectivity index (χ2v) is 5.72. The number of hydrogen-bond acceptors (Lipinski definition) is 3. The smallest absolute Gasteiger partial charge is 0.255 e. The van der Waals surface area contributed by atoms with Crippen molar-refractivity contribution >= 4 is 27.5 Å². The third-order valence-corrected chi connectivity index (χ3v) is 3.85. The van der Waals surface area contributed by atoms with E-state index in [1.807, 2.05) is 0 Å². The summed E-state index contributed by atoms with van der Waals surface area (Å²) < 4.78 is 35.9. The maximum atomic E-state index is 13.5. The lowest BCUT2D eigenvalue weighted by Crippen LogP contribution is -2.31. The van der Waals surface area contributed by atoms with Gasteiger partial charge in [0.15, 0.2) is 0 Å². The van der Waals surface area contributed by atoms with E-state index in [-0.39, 0.29) is 10.6 Å². The predicted octanol–water partition coefficient (Wildman–Crippen LogP) is 1.61. The summed E-state index contributed by atoms with van der Waals surface area (Å²) in [6, 6.07) is 1.64. The Hall–Kier alpha value is -1.18. The number of hydrogen-bond donors (Lipinski definition) is 1. The van der Waals surface area contributed by atoms with Crippen LogP contribution in [0.3, 0.4) is 0 Å². The van der Waals surface area contributed by atoms with Gasteiger partial charge in [-0.2, -0.15) is 0 Å². The molecule has 0 bridgehead atoms. The van der Waals surface area contributed by atoms with Crippen LogP contribution in [0.5, 0.6) is 0 Å². The van der Waals surface area contributed by atoms with Gasteiger partial charge in [0.1, 0.15) is 10.7 Å². The lowest BCUT2D eigenvalue weighted by Gasteiger charge is -2.19. The highest BCUT2D eigenvalue weighted by atomic mass is 35.5. The van der Waals surface area contributed by atoms with Gasteiger partial charge in [-0.05, 0) is 26.0 Å². The van der Waals surface area contributed by atoms with Crippen LogP contribution in [-0.4, -0.2) is 32.3 Å². The first-order valence-corrected chi connectivity index (χ1v) is 7.45. The van der Waals surface area contributed by atoms with Crippen molar-refractivity contribution in [2.75, 3.05) is 13.1 Å². The third kappa shape index (κ3) is 3.43. The third-order valence-electron chi connectivity index (χ3n) is 2.61. The fourth-order valence-electron chi connectivity index (χ4n) is 1.59. The summed E-state index contributed by atoms with van der Waals surface area (Å²) in [5, 5.41) is 4.73. The van der Waals surface area contributed by atoms with Crippen LogP contribution in [0, 0.1) is 5.82 Å². The largest absolute Gasteiger partial charge is 0.339 e. The molecule has 1 aromatic rings. The number of primary sulfonamides is 1. The van der Waals surface area contributed by atoms with Gasteiger partial charge in [-0.1, -0.05) is 11.6 Å². The van der Waals surface area contributed by atoms with Crippen LogP contribution in [-0.2, 0) is 10.0 Å². The Morgan fingerprint density at radius 1 is 1.37 bits per heavy atom. The fourth-order valence-corrected chi connectivity index (χ4v) is 2.44. The number of nitrogens with zero attached hydrogens (tertiary/aromatic N) is 1. The molecule has 8 heteroatoms. The lowest BCUT2D eigenvalue weighted by atomic mass is 10.2. The minimum Gasteiger partial charge on any atom is -0.339 e. The molecule has 106 valence electrons. The van der Waals surface area contributed by atoms with Gasteiger partial charge < -0.3 is 4.90 Å². The zero-order valence-corrected chi connectivity index (χ0v) is 12.1. The zero-order valence-electron chi connectivity index (χ0n) is 10.5. The first kappa shape index (κ1) is 15.9. The van der Waals surface area contributed by atoms with Crippen molar-refractivity contribution in [3.63, 3.8) is 0 Å². The van der Waals surface area contributed by atoms with Crippen molar-refractivity contribution in [1.29, 1.82) is 0 Å². The van der Waals surface area contributed by atoms with E-state index in [4.69, 9.17) is 16.7 Å². The number of benzene rings is 1. The van der Waals surface area contributed by atoms with E-state index in [9.17, 15) is 17.6 Å². The van der Waals surface area contributed by atoms with Crippen LogP contribution in [0.15, 0.2) is 17.0 Å². The van der Waals surface area contributed by atoms with Crippen LogP contribution < -0.4 is 5.14 Å². The molecule has 0 fully saturated rings. The molecule has 1 amide bonds. The van der Waals surface area contributed by atoms with E-state index in [1.165, 1.54) is 4.90 Å². The normalized spacial score (nSPS) is 11.4. The van der Waals surface area contributed by atoms with Gasteiger partial charge >= 0.3 is 0 Å². The Balaban J connectivity index is 3.41. The molecular weight excluding hydrogens is 295 g/mol. The van der Waals surface area contributed by atoms with E-state index in [1.54, 1.807) is 13.8 Å². The van der Waals surface area contributed by atoms with Gasteiger partial charge in [0.05, 0.1) is 10.6 Å². The number of halogens is 2. The Morgan fingerprint density at radius 2 is 1.89 bits per heavy atom. The molecule has 0 spiro atoms.